The smallest absolute Gasteiger partial charge is 0.326 e. The van der Waals surface area contributed by atoms with E-state index in [1.54, 1.807) is 6.20 Å². The minimum absolute atomic E-state index is 0.00520. The molecule has 0 bridgehead atoms. The van der Waals surface area contributed by atoms with Gasteiger partial charge in [0.1, 0.15) is 24.2 Å². The van der Waals surface area contributed by atoms with Crippen molar-refractivity contribution in [1.82, 2.24) is 20.9 Å². The number of hydrogen-bond acceptors (Lipinski definition) is 8. The van der Waals surface area contributed by atoms with Crippen LogP contribution in [0.3, 0.4) is 0 Å². The van der Waals surface area contributed by atoms with Gasteiger partial charge in [-0.3, -0.25) is 19.4 Å². The molecular weight excluding hydrogens is 546 g/mol. The number of carboxylic acid groups (broad SMARTS) is 1. The SMILES string of the molecule is CC(O)C(N)C(=O)NC(CCCCN)C(=O)NC(CCCN=C(N)N)C(=O)NC(Cc1c[nH]c2ccccc12)C(=O)O. The number of aromatic nitrogens is 1. The number of carboxylic acids is 1. The van der Waals surface area contributed by atoms with Gasteiger partial charge in [0.25, 0.3) is 0 Å². The number of carbonyl (C=O) groups is 4. The summed E-state index contributed by atoms with van der Waals surface area (Å²) >= 11 is 0. The van der Waals surface area contributed by atoms with Crippen LogP contribution in [0, 0.1) is 0 Å². The number of carbonyl (C=O) groups excluding carboxylic acids is 3. The van der Waals surface area contributed by atoms with Crippen LogP contribution in [0.2, 0.25) is 0 Å². The summed E-state index contributed by atoms with van der Waals surface area (Å²) in [7, 11) is 0. The zero-order valence-electron chi connectivity index (χ0n) is 23.7. The Morgan fingerprint density at radius 2 is 1.52 bits per heavy atom. The molecule has 2 rings (SSSR count). The van der Waals surface area contributed by atoms with Crippen LogP contribution >= 0.6 is 0 Å². The summed E-state index contributed by atoms with van der Waals surface area (Å²) in [6.07, 6.45) is 2.16. The number of nitrogens with zero attached hydrogens (tertiary/aromatic N) is 1. The number of guanidine groups is 1. The van der Waals surface area contributed by atoms with E-state index in [0.29, 0.717) is 24.9 Å². The summed E-state index contributed by atoms with van der Waals surface area (Å²) in [6.45, 7) is 1.89. The molecule has 1 heterocycles. The van der Waals surface area contributed by atoms with Crippen LogP contribution < -0.4 is 38.9 Å². The van der Waals surface area contributed by atoms with E-state index < -0.39 is 54.0 Å². The van der Waals surface area contributed by atoms with Crippen LogP contribution in [0.4, 0.5) is 0 Å². The molecule has 3 amide bonds. The number of H-pyrrole nitrogens is 1. The van der Waals surface area contributed by atoms with Gasteiger partial charge >= 0.3 is 5.97 Å². The molecule has 0 spiro atoms. The maximum Gasteiger partial charge on any atom is 0.326 e. The van der Waals surface area contributed by atoms with Gasteiger partial charge in [-0.2, -0.15) is 0 Å². The maximum absolute atomic E-state index is 13.4. The topological polar surface area (TPSA) is 277 Å². The van der Waals surface area contributed by atoms with Gasteiger partial charge in [0.2, 0.25) is 17.7 Å². The van der Waals surface area contributed by atoms with Crippen LogP contribution in [0.25, 0.3) is 10.9 Å². The summed E-state index contributed by atoms with van der Waals surface area (Å²) < 4.78 is 0. The van der Waals surface area contributed by atoms with Crippen LogP contribution in [-0.4, -0.2) is 88.2 Å². The third-order valence-corrected chi connectivity index (χ3v) is 6.69. The lowest BCUT2D eigenvalue weighted by atomic mass is 10.0. The Bertz CT molecular complexity index is 1230. The third kappa shape index (κ3) is 10.6. The number of nitrogens with two attached hydrogens (primary N) is 4. The highest BCUT2D eigenvalue weighted by Gasteiger charge is 2.31. The van der Waals surface area contributed by atoms with Crippen LogP contribution in [0.5, 0.6) is 0 Å². The van der Waals surface area contributed by atoms with Crippen molar-refractivity contribution in [2.75, 3.05) is 13.1 Å². The molecule has 1 aromatic heterocycles. The second-order valence-electron chi connectivity index (χ2n) is 10.1. The second-order valence-corrected chi connectivity index (χ2v) is 10.1. The summed E-state index contributed by atoms with van der Waals surface area (Å²) in [4.78, 5) is 58.3. The van der Waals surface area contributed by atoms with Gasteiger partial charge in [-0.25, -0.2) is 4.79 Å². The number of para-hydroxylation sites is 1. The summed E-state index contributed by atoms with van der Waals surface area (Å²) in [5.41, 5.74) is 23.6. The maximum atomic E-state index is 13.4. The largest absolute Gasteiger partial charge is 0.480 e. The van der Waals surface area contributed by atoms with E-state index in [1.165, 1.54) is 6.92 Å². The van der Waals surface area contributed by atoms with Crippen molar-refractivity contribution < 1.29 is 29.4 Å². The molecule has 0 saturated carbocycles. The number of aliphatic imine (C=N–C) groups is 1. The van der Waals surface area contributed by atoms with E-state index in [9.17, 15) is 29.4 Å². The van der Waals surface area contributed by atoms with E-state index in [4.69, 9.17) is 22.9 Å². The standard InChI is InChI=1S/C27H43N9O6/c1-15(37)22(29)25(40)35-19(9-4-5-11-28)23(38)34-20(10-6-12-32-27(30)31)24(39)36-21(26(41)42)13-16-14-33-18-8-3-2-7-17(16)18/h2-3,7-8,14-15,19-22,33,37H,4-6,9-13,28-29H2,1H3,(H,34,38)(H,35,40)(H,36,39)(H,41,42)(H4,30,31,32). The number of amides is 3. The lowest BCUT2D eigenvalue weighted by Gasteiger charge is -2.25. The molecule has 0 radical (unpaired) electrons. The van der Waals surface area contributed by atoms with Crippen LogP contribution in [-0.2, 0) is 25.6 Å². The predicted molar refractivity (Wildman–Crippen MR) is 158 cm³/mol. The first-order chi connectivity index (χ1) is 19.9. The van der Waals surface area contributed by atoms with Crippen molar-refractivity contribution in [2.24, 2.45) is 27.9 Å². The number of aliphatic hydroxyl groups is 1. The second kappa shape index (κ2) is 16.9. The van der Waals surface area contributed by atoms with Crippen LogP contribution in [0.15, 0.2) is 35.5 Å². The average Bonchev–Trinajstić information content (AvgIpc) is 3.35. The lowest BCUT2D eigenvalue weighted by Crippen LogP contribution is -2.58. The zero-order valence-corrected chi connectivity index (χ0v) is 23.7. The minimum Gasteiger partial charge on any atom is -0.480 e. The quantitative estimate of drug-likeness (QED) is 0.0526. The number of fused-ring (bicyclic) bond motifs is 1. The Labute approximate surface area is 243 Å². The normalized spacial score (nSPS) is 14.7. The molecule has 0 aliphatic rings. The number of hydrogen-bond donors (Lipinski definition) is 10. The minimum atomic E-state index is -1.29. The molecule has 0 fully saturated rings. The van der Waals surface area contributed by atoms with E-state index in [2.05, 4.69) is 25.9 Å². The first-order valence-electron chi connectivity index (χ1n) is 13.8. The molecule has 0 aliphatic carbocycles. The highest BCUT2D eigenvalue weighted by atomic mass is 16.4. The van der Waals surface area contributed by atoms with E-state index in [0.717, 1.165) is 10.9 Å². The summed E-state index contributed by atoms with van der Waals surface area (Å²) in [5, 5.41) is 28.1. The monoisotopic (exact) mass is 589 g/mol. The van der Waals surface area contributed by atoms with Gasteiger partial charge in [0.15, 0.2) is 5.96 Å². The number of rotatable bonds is 18. The van der Waals surface area contributed by atoms with Gasteiger partial charge in [0.05, 0.1) is 6.10 Å². The number of benzene rings is 1. The van der Waals surface area contributed by atoms with Crippen molar-refractivity contribution in [1.29, 1.82) is 0 Å². The number of nitrogens with one attached hydrogen (secondary N) is 4. The van der Waals surface area contributed by atoms with Gasteiger partial charge in [-0.15, -0.1) is 0 Å². The highest BCUT2D eigenvalue weighted by molar-refractivity contribution is 5.94. The first kappa shape index (κ1) is 34.0. The Balaban J connectivity index is 2.23. The Morgan fingerprint density at radius 1 is 0.929 bits per heavy atom. The zero-order chi connectivity index (χ0) is 31.2. The molecule has 5 atom stereocenters. The van der Waals surface area contributed by atoms with Crippen molar-refractivity contribution >= 4 is 40.6 Å². The van der Waals surface area contributed by atoms with Gasteiger partial charge in [-0.05, 0) is 57.2 Å². The van der Waals surface area contributed by atoms with E-state index in [-0.39, 0.29) is 38.2 Å². The average molecular weight is 590 g/mol. The Kier molecular flexibility index (Phi) is 13.7. The molecule has 5 unspecified atom stereocenters. The van der Waals surface area contributed by atoms with Crippen molar-refractivity contribution in [3.63, 3.8) is 0 Å². The van der Waals surface area contributed by atoms with E-state index in [1.807, 2.05) is 24.3 Å². The molecule has 15 nitrogen and oxygen atoms in total. The summed E-state index contributed by atoms with van der Waals surface area (Å²) in [6, 6.07) is 2.56. The van der Waals surface area contributed by atoms with Crippen molar-refractivity contribution in [3.05, 3.63) is 36.0 Å². The first-order valence-corrected chi connectivity index (χ1v) is 13.8. The fraction of sp³-hybridized carbons (Fsp3) is 0.519. The fourth-order valence-corrected chi connectivity index (χ4v) is 4.29. The Morgan fingerprint density at radius 3 is 2.12 bits per heavy atom. The molecule has 14 N–H and O–H groups in total. The van der Waals surface area contributed by atoms with Crippen molar-refractivity contribution in [3.8, 4) is 0 Å². The number of aliphatic carboxylic acids is 1. The lowest BCUT2D eigenvalue weighted by molar-refractivity contribution is -0.142. The fourth-order valence-electron chi connectivity index (χ4n) is 4.29. The molecule has 0 aliphatic heterocycles. The van der Waals surface area contributed by atoms with Gasteiger partial charge in [-0.1, -0.05) is 18.2 Å². The Hall–Kier alpha value is -4.21. The van der Waals surface area contributed by atoms with Crippen LogP contribution in [0.1, 0.15) is 44.6 Å². The summed E-state index contributed by atoms with van der Waals surface area (Å²) in [5.74, 6) is -3.53. The third-order valence-electron chi connectivity index (χ3n) is 6.69. The molecule has 232 valence electrons. The van der Waals surface area contributed by atoms with Gasteiger partial charge < -0.3 is 54.1 Å². The molecule has 15 heteroatoms. The predicted octanol–water partition coefficient (Wildman–Crippen LogP) is -1.86. The number of aromatic amines is 1. The highest BCUT2D eigenvalue weighted by Crippen LogP contribution is 2.19. The number of unbranched alkanes of at least 4 members (excludes halogenated alkanes) is 1. The number of aliphatic hydroxyl groups excluding tert-OH is 1. The molecular formula is C27H43N9O6. The molecule has 2 aromatic rings. The molecule has 42 heavy (non-hydrogen) atoms. The van der Waals surface area contributed by atoms with Crippen molar-refractivity contribution in [2.45, 2.75) is 75.7 Å². The van der Waals surface area contributed by atoms with E-state index >= 15 is 0 Å². The van der Waals surface area contributed by atoms with Gasteiger partial charge in [0, 0.05) is 30.1 Å². The molecule has 0 saturated heterocycles. The molecule has 1 aromatic carbocycles.